The highest BCUT2D eigenvalue weighted by atomic mass is 14.9. The SMILES string of the molecule is N#CC1(CCN)CCNCC1. The Labute approximate surface area is 67.6 Å². The van der Waals surface area contributed by atoms with Crippen LogP contribution in [0.4, 0.5) is 0 Å². The van der Waals surface area contributed by atoms with Crippen LogP contribution in [-0.2, 0) is 0 Å². The van der Waals surface area contributed by atoms with E-state index in [4.69, 9.17) is 11.0 Å². The number of hydrogen-bond acceptors (Lipinski definition) is 3. The fourth-order valence-corrected chi connectivity index (χ4v) is 1.60. The second-order valence-electron chi connectivity index (χ2n) is 3.18. The first-order valence-corrected chi connectivity index (χ1v) is 4.15. The van der Waals surface area contributed by atoms with Crippen molar-refractivity contribution in [2.75, 3.05) is 19.6 Å². The van der Waals surface area contributed by atoms with Gasteiger partial charge in [-0.25, -0.2) is 0 Å². The molecule has 0 aromatic carbocycles. The molecule has 0 amide bonds. The van der Waals surface area contributed by atoms with Crippen LogP contribution in [0.15, 0.2) is 0 Å². The van der Waals surface area contributed by atoms with Crippen molar-refractivity contribution < 1.29 is 0 Å². The van der Waals surface area contributed by atoms with Crippen LogP contribution in [0.3, 0.4) is 0 Å². The molecule has 62 valence electrons. The van der Waals surface area contributed by atoms with Crippen LogP contribution in [0.25, 0.3) is 0 Å². The van der Waals surface area contributed by atoms with E-state index >= 15 is 0 Å². The van der Waals surface area contributed by atoms with E-state index < -0.39 is 0 Å². The maximum absolute atomic E-state index is 8.94. The highest BCUT2D eigenvalue weighted by molar-refractivity contribution is 5.01. The van der Waals surface area contributed by atoms with Crippen molar-refractivity contribution in [2.24, 2.45) is 11.1 Å². The average Bonchev–Trinajstić information content (AvgIpc) is 2.07. The van der Waals surface area contributed by atoms with Crippen molar-refractivity contribution in [3.8, 4) is 6.07 Å². The number of piperidine rings is 1. The lowest BCUT2D eigenvalue weighted by atomic mass is 9.78. The zero-order valence-corrected chi connectivity index (χ0v) is 6.77. The lowest BCUT2D eigenvalue weighted by Crippen LogP contribution is -2.37. The Hall–Kier alpha value is -0.590. The molecule has 1 saturated heterocycles. The van der Waals surface area contributed by atoms with Crippen LogP contribution in [-0.4, -0.2) is 19.6 Å². The summed E-state index contributed by atoms with van der Waals surface area (Å²) in [5, 5.41) is 12.2. The monoisotopic (exact) mass is 153 g/mol. The Kier molecular flexibility index (Phi) is 2.86. The molecule has 0 unspecified atom stereocenters. The van der Waals surface area contributed by atoms with Crippen molar-refractivity contribution in [1.82, 2.24) is 5.32 Å². The molecule has 1 aliphatic rings. The third-order valence-corrected chi connectivity index (χ3v) is 2.42. The lowest BCUT2D eigenvalue weighted by molar-refractivity contribution is 0.267. The van der Waals surface area contributed by atoms with Gasteiger partial charge in [-0.2, -0.15) is 5.26 Å². The summed E-state index contributed by atoms with van der Waals surface area (Å²) in [4.78, 5) is 0. The topological polar surface area (TPSA) is 61.8 Å². The van der Waals surface area contributed by atoms with Crippen molar-refractivity contribution in [1.29, 1.82) is 5.26 Å². The molecule has 0 radical (unpaired) electrons. The molecule has 11 heavy (non-hydrogen) atoms. The summed E-state index contributed by atoms with van der Waals surface area (Å²) < 4.78 is 0. The van der Waals surface area contributed by atoms with E-state index in [0.717, 1.165) is 32.4 Å². The highest BCUT2D eigenvalue weighted by Gasteiger charge is 2.30. The van der Waals surface area contributed by atoms with Crippen LogP contribution < -0.4 is 11.1 Å². The second kappa shape index (κ2) is 3.70. The molecular weight excluding hydrogens is 138 g/mol. The number of hydrogen-bond donors (Lipinski definition) is 2. The number of nitrogens with one attached hydrogen (secondary N) is 1. The number of rotatable bonds is 2. The van der Waals surface area contributed by atoms with Gasteiger partial charge in [0.05, 0.1) is 11.5 Å². The maximum atomic E-state index is 8.94. The van der Waals surface area contributed by atoms with Crippen LogP contribution in [0, 0.1) is 16.7 Å². The minimum absolute atomic E-state index is 0.111. The molecule has 1 aliphatic heterocycles. The normalized spacial score (nSPS) is 22.5. The van der Waals surface area contributed by atoms with Gasteiger partial charge in [0.1, 0.15) is 0 Å². The quantitative estimate of drug-likeness (QED) is 0.597. The molecule has 3 heteroatoms. The van der Waals surface area contributed by atoms with Crippen molar-refractivity contribution in [3.63, 3.8) is 0 Å². The van der Waals surface area contributed by atoms with E-state index in [1.807, 2.05) is 0 Å². The lowest BCUT2D eigenvalue weighted by Gasteiger charge is -2.30. The molecule has 1 fully saturated rings. The van der Waals surface area contributed by atoms with Gasteiger partial charge in [-0.1, -0.05) is 0 Å². The van der Waals surface area contributed by atoms with Gasteiger partial charge in [0.25, 0.3) is 0 Å². The number of nitrogens with zero attached hydrogens (tertiary/aromatic N) is 1. The Morgan fingerprint density at radius 1 is 1.45 bits per heavy atom. The fraction of sp³-hybridized carbons (Fsp3) is 0.875. The minimum atomic E-state index is -0.111. The predicted octanol–water partition coefficient (Wildman–Crippen LogP) is 0.229. The fourth-order valence-electron chi connectivity index (χ4n) is 1.60. The van der Waals surface area contributed by atoms with E-state index in [9.17, 15) is 0 Å². The first-order valence-electron chi connectivity index (χ1n) is 4.15. The molecule has 0 aliphatic carbocycles. The van der Waals surface area contributed by atoms with E-state index in [1.54, 1.807) is 0 Å². The van der Waals surface area contributed by atoms with Crippen molar-refractivity contribution in [2.45, 2.75) is 19.3 Å². The Morgan fingerprint density at radius 2 is 2.09 bits per heavy atom. The zero-order chi connectivity index (χ0) is 8.16. The van der Waals surface area contributed by atoms with Gasteiger partial charge >= 0.3 is 0 Å². The van der Waals surface area contributed by atoms with Crippen LogP contribution in [0.5, 0.6) is 0 Å². The average molecular weight is 153 g/mol. The van der Waals surface area contributed by atoms with Gasteiger partial charge in [-0.15, -0.1) is 0 Å². The molecule has 0 atom stereocenters. The summed E-state index contributed by atoms with van der Waals surface area (Å²) in [6, 6.07) is 2.40. The van der Waals surface area contributed by atoms with Gasteiger partial charge in [0, 0.05) is 0 Å². The molecular formula is C8H15N3. The molecule has 0 aromatic heterocycles. The second-order valence-corrected chi connectivity index (χ2v) is 3.18. The summed E-state index contributed by atoms with van der Waals surface area (Å²) in [5.74, 6) is 0. The van der Waals surface area contributed by atoms with Crippen LogP contribution >= 0.6 is 0 Å². The molecule has 0 spiro atoms. The van der Waals surface area contributed by atoms with E-state index in [-0.39, 0.29) is 5.41 Å². The maximum Gasteiger partial charge on any atom is 0.0691 e. The third kappa shape index (κ3) is 1.92. The zero-order valence-electron chi connectivity index (χ0n) is 6.77. The molecule has 3 nitrogen and oxygen atoms in total. The minimum Gasteiger partial charge on any atom is -0.330 e. The summed E-state index contributed by atoms with van der Waals surface area (Å²) in [5.41, 5.74) is 5.34. The summed E-state index contributed by atoms with van der Waals surface area (Å²) in [6.07, 6.45) is 2.77. The van der Waals surface area contributed by atoms with E-state index in [1.165, 1.54) is 0 Å². The highest BCUT2D eigenvalue weighted by Crippen LogP contribution is 2.30. The molecule has 0 aromatic rings. The van der Waals surface area contributed by atoms with Crippen LogP contribution in [0.1, 0.15) is 19.3 Å². The van der Waals surface area contributed by atoms with Crippen LogP contribution in [0.2, 0.25) is 0 Å². The number of nitriles is 1. The predicted molar refractivity (Wildman–Crippen MR) is 43.8 cm³/mol. The standard InChI is InChI=1S/C8H15N3/c9-4-1-8(7-10)2-5-11-6-3-8/h11H,1-6,9H2. The Balaban J connectivity index is 2.51. The van der Waals surface area contributed by atoms with Gasteiger partial charge in [-0.05, 0) is 38.9 Å². The molecule has 1 heterocycles. The molecule has 1 rings (SSSR count). The third-order valence-electron chi connectivity index (χ3n) is 2.42. The first-order chi connectivity index (χ1) is 5.33. The largest absolute Gasteiger partial charge is 0.330 e. The van der Waals surface area contributed by atoms with Gasteiger partial charge in [0.15, 0.2) is 0 Å². The molecule has 0 bridgehead atoms. The summed E-state index contributed by atoms with van der Waals surface area (Å²) in [7, 11) is 0. The first kappa shape index (κ1) is 8.51. The Morgan fingerprint density at radius 3 is 2.55 bits per heavy atom. The van der Waals surface area contributed by atoms with Crippen molar-refractivity contribution >= 4 is 0 Å². The summed E-state index contributed by atoms with van der Waals surface area (Å²) >= 11 is 0. The Bertz CT molecular complexity index is 148. The number of nitrogens with two attached hydrogens (primary N) is 1. The van der Waals surface area contributed by atoms with Gasteiger partial charge in [0.2, 0.25) is 0 Å². The van der Waals surface area contributed by atoms with Crippen molar-refractivity contribution in [3.05, 3.63) is 0 Å². The smallest absolute Gasteiger partial charge is 0.0691 e. The molecule has 0 saturated carbocycles. The van der Waals surface area contributed by atoms with Gasteiger partial charge in [-0.3, -0.25) is 0 Å². The van der Waals surface area contributed by atoms with Gasteiger partial charge < -0.3 is 11.1 Å². The molecule has 3 N–H and O–H groups in total. The van der Waals surface area contributed by atoms with E-state index in [0.29, 0.717) is 6.54 Å². The summed E-state index contributed by atoms with van der Waals surface area (Å²) in [6.45, 7) is 2.56. The van der Waals surface area contributed by atoms with E-state index in [2.05, 4.69) is 11.4 Å².